The molecule has 1 N–H and O–H groups in total. The van der Waals surface area contributed by atoms with Crippen molar-refractivity contribution in [2.75, 3.05) is 16.8 Å². The summed E-state index contributed by atoms with van der Waals surface area (Å²) in [7, 11) is 0. The molecule has 1 aliphatic rings. The molecule has 180 valence electrons. The summed E-state index contributed by atoms with van der Waals surface area (Å²) in [5.74, 6) is 1.22. The summed E-state index contributed by atoms with van der Waals surface area (Å²) < 4.78 is 7.51. The zero-order valence-electron chi connectivity index (χ0n) is 20.1. The van der Waals surface area contributed by atoms with Gasteiger partial charge in [0.1, 0.15) is 11.5 Å². The Balaban J connectivity index is 1.58. The number of pyridine rings is 1. The Morgan fingerprint density at radius 2 is 2.00 bits per heavy atom. The molecule has 2 amide bonds. The number of benzene rings is 1. The van der Waals surface area contributed by atoms with Crippen molar-refractivity contribution in [3.63, 3.8) is 0 Å². The van der Waals surface area contributed by atoms with Crippen LogP contribution in [0.4, 0.5) is 11.4 Å². The molecule has 0 atom stereocenters. The van der Waals surface area contributed by atoms with Gasteiger partial charge in [0.25, 0.3) is 5.91 Å². The summed E-state index contributed by atoms with van der Waals surface area (Å²) in [6, 6.07) is 8.95. The first kappa shape index (κ1) is 23.1. The number of halogens is 1. The van der Waals surface area contributed by atoms with Crippen LogP contribution in [-0.2, 0) is 4.79 Å². The highest BCUT2D eigenvalue weighted by molar-refractivity contribution is 6.34. The maximum Gasteiger partial charge on any atom is 0.256 e. The Morgan fingerprint density at radius 1 is 1.20 bits per heavy atom. The second-order valence-electron chi connectivity index (χ2n) is 9.07. The SMILES string of the molecule is Cc1cc(-c2cc(C(=O)Nc3cc(N4CCCC4=O)ccc3Cl)c3cnn(C(C)C)c3n2)c(C)o1. The Bertz CT molecular complexity index is 1470. The first-order valence-electron chi connectivity index (χ1n) is 11.6. The van der Waals surface area contributed by atoms with E-state index in [2.05, 4.69) is 10.4 Å². The molecule has 4 heterocycles. The molecule has 1 fully saturated rings. The van der Waals surface area contributed by atoms with Gasteiger partial charge in [-0.05, 0) is 64.4 Å². The third-order valence-electron chi connectivity index (χ3n) is 6.20. The normalized spacial score (nSPS) is 13.9. The second kappa shape index (κ2) is 8.85. The van der Waals surface area contributed by atoms with Gasteiger partial charge in [0.15, 0.2) is 5.65 Å². The molecule has 0 spiro atoms. The number of fused-ring (bicyclic) bond motifs is 1. The summed E-state index contributed by atoms with van der Waals surface area (Å²) in [6.07, 6.45) is 3.00. The number of nitrogens with one attached hydrogen (secondary N) is 1. The van der Waals surface area contributed by atoms with Crippen LogP contribution < -0.4 is 10.2 Å². The van der Waals surface area contributed by atoms with E-state index in [0.29, 0.717) is 51.7 Å². The van der Waals surface area contributed by atoms with Crippen LogP contribution in [-0.4, -0.2) is 33.1 Å². The van der Waals surface area contributed by atoms with Gasteiger partial charge in [0.2, 0.25) is 5.91 Å². The Kier molecular flexibility index (Phi) is 5.84. The molecule has 0 bridgehead atoms. The third-order valence-corrected chi connectivity index (χ3v) is 6.53. The quantitative estimate of drug-likeness (QED) is 0.374. The average molecular weight is 492 g/mol. The van der Waals surface area contributed by atoms with Crippen LogP contribution in [0, 0.1) is 13.8 Å². The number of carbonyl (C=O) groups excluding carboxylic acids is 2. The monoisotopic (exact) mass is 491 g/mol. The lowest BCUT2D eigenvalue weighted by Crippen LogP contribution is -2.24. The highest BCUT2D eigenvalue weighted by Gasteiger charge is 2.24. The van der Waals surface area contributed by atoms with Crippen LogP contribution >= 0.6 is 11.6 Å². The highest BCUT2D eigenvalue weighted by Crippen LogP contribution is 2.33. The van der Waals surface area contributed by atoms with Crippen LogP contribution in [0.3, 0.4) is 0 Å². The van der Waals surface area contributed by atoms with E-state index in [1.807, 2.05) is 33.8 Å². The molecule has 35 heavy (non-hydrogen) atoms. The largest absolute Gasteiger partial charge is 0.466 e. The van der Waals surface area contributed by atoms with E-state index in [1.165, 1.54) is 0 Å². The summed E-state index contributed by atoms with van der Waals surface area (Å²) in [5.41, 5.74) is 3.64. The molecule has 0 saturated carbocycles. The summed E-state index contributed by atoms with van der Waals surface area (Å²) >= 11 is 6.43. The van der Waals surface area contributed by atoms with Crippen molar-refractivity contribution in [1.29, 1.82) is 0 Å². The zero-order valence-corrected chi connectivity index (χ0v) is 20.8. The molecule has 1 aliphatic heterocycles. The van der Waals surface area contributed by atoms with Gasteiger partial charge in [-0.15, -0.1) is 0 Å². The van der Waals surface area contributed by atoms with Gasteiger partial charge < -0.3 is 14.6 Å². The minimum atomic E-state index is -0.341. The molecule has 0 unspecified atom stereocenters. The summed E-state index contributed by atoms with van der Waals surface area (Å²) in [6.45, 7) is 8.43. The predicted octanol–water partition coefficient (Wildman–Crippen LogP) is 5.92. The van der Waals surface area contributed by atoms with Crippen LogP contribution in [0.1, 0.15) is 54.6 Å². The number of furan rings is 1. The predicted molar refractivity (Wildman–Crippen MR) is 136 cm³/mol. The van der Waals surface area contributed by atoms with E-state index in [-0.39, 0.29) is 17.9 Å². The van der Waals surface area contributed by atoms with Gasteiger partial charge in [-0.2, -0.15) is 5.10 Å². The minimum Gasteiger partial charge on any atom is -0.466 e. The van der Waals surface area contributed by atoms with E-state index >= 15 is 0 Å². The molecule has 0 radical (unpaired) electrons. The van der Waals surface area contributed by atoms with Crippen molar-refractivity contribution in [2.45, 2.75) is 46.6 Å². The standard InChI is InChI=1S/C26H26ClN5O3/c1-14(2)32-25-20(13-28-32)19(12-22(29-25)18-10-15(3)35-16(18)4)26(34)30-23-11-17(7-8-21(23)27)31-9-5-6-24(31)33/h7-8,10-14H,5-6,9H2,1-4H3,(H,30,34). The van der Waals surface area contributed by atoms with E-state index < -0.39 is 0 Å². The highest BCUT2D eigenvalue weighted by atomic mass is 35.5. The molecular formula is C26H26ClN5O3. The fourth-order valence-electron chi connectivity index (χ4n) is 4.49. The molecular weight excluding hydrogens is 466 g/mol. The lowest BCUT2D eigenvalue weighted by atomic mass is 10.1. The Morgan fingerprint density at radius 3 is 2.66 bits per heavy atom. The van der Waals surface area contributed by atoms with Crippen LogP contribution in [0.5, 0.6) is 0 Å². The maximum absolute atomic E-state index is 13.6. The first-order chi connectivity index (χ1) is 16.7. The average Bonchev–Trinajstić information content (AvgIpc) is 3.52. The molecule has 4 aromatic rings. The van der Waals surface area contributed by atoms with Gasteiger partial charge >= 0.3 is 0 Å². The number of rotatable bonds is 5. The van der Waals surface area contributed by atoms with Gasteiger partial charge in [-0.1, -0.05) is 11.6 Å². The zero-order chi connectivity index (χ0) is 24.9. The number of amides is 2. The van der Waals surface area contributed by atoms with E-state index in [1.54, 1.807) is 40.0 Å². The Hall–Kier alpha value is -3.65. The number of anilines is 2. The van der Waals surface area contributed by atoms with Gasteiger partial charge in [-0.25, -0.2) is 9.67 Å². The minimum absolute atomic E-state index is 0.0578. The number of carbonyl (C=O) groups is 2. The molecule has 3 aromatic heterocycles. The van der Waals surface area contributed by atoms with Crippen molar-refractivity contribution >= 4 is 45.8 Å². The van der Waals surface area contributed by atoms with Crippen molar-refractivity contribution in [2.24, 2.45) is 0 Å². The topological polar surface area (TPSA) is 93.3 Å². The van der Waals surface area contributed by atoms with Crippen molar-refractivity contribution in [1.82, 2.24) is 14.8 Å². The lowest BCUT2D eigenvalue weighted by Gasteiger charge is -2.18. The number of hydrogen-bond acceptors (Lipinski definition) is 5. The van der Waals surface area contributed by atoms with E-state index in [0.717, 1.165) is 23.5 Å². The maximum atomic E-state index is 13.6. The van der Waals surface area contributed by atoms with E-state index in [4.69, 9.17) is 21.0 Å². The van der Waals surface area contributed by atoms with Gasteiger partial charge in [0.05, 0.1) is 33.6 Å². The molecule has 1 saturated heterocycles. The third kappa shape index (κ3) is 4.18. The Labute approximate surface area is 207 Å². The van der Waals surface area contributed by atoms with Crippen LogP contribution in [0.2, 0.25) is 5.02 Å². The fraction of sp³-hybridized carbons (Fsp3) is 0.308. The van der Waals surface area contributed by atoms with Gasteiger partial charge in [0, 0.05) is 30.3 Å². The van der Waals surface area contributed by atoms with Crippen molar-refractivity contribution in [3.05, 3.63) is 58.6 Å². The second-order valence-corrected chi connectivity index (χ2v) is 9.48. The van der Waals surface area contributed by atoms with Crippen LogP contribution in [0.15, 0.2) is 40.9 Å². The van der Waals surface area contributed by atoms with Crippen LogP contribution in [0.25, 0.3) is 22.3 Å². The summed E-state index contributed by atoms with van der Waals surface area (Å²) in [5, 5.41) is 8.44. The molecule has 9 heteroatoms. The number of hydrogen-bond donors (Lipinski definition) is 1. The van der Waals surface area contributed by atoms with Gasteiger partial charge in [-0.3, -0.25) is 9.59 Å². The summed E-state index contributed by atoms with van der Waals surface area (Å²) in [4.78, 5) is 32.3. The molecule has 0 aliphatic carbocycles. The van der Waals surface area contributed by atoms with Crippen molar-refractivity contribution < 1.29 is 14.0 Å². The molecule has 1 aromatic carbocycles. The smallest absolute Gasteiger partial charge is 0.256 e. The first-order valence-corrected chi connectivity index (χ1v) is 12.0. The fourth-order valence-corrected chi connectivity index (χ4v) is 4.66. The molecule has 5 rings (SSSR count). The number of aromatic nitrogens is 3. The molecule has 8 nitrogen and oxygen atoms in total. The lowest BCUT2D eigenvalue weighted by molar-refractivity contribution is -0.117. The number of nitrogens with zero attached hydrogens (tertiary/aromatic N) is 4. The van der Waals surface area contributed by atoms with Crippen molar-refractivity contribution in [3.8, 4) is 11.3 Å². The number of aryl methyl sites for hydroxylation is 2. The van der Waals surface area contributed by atoms with E-state index in [9.17, 15) is 9.59 Å².